The van der Waals surface area contributed by atoms with Crippen LogP contribution in [0.5, 0.6) is 0 Å². The highest BCUT2D eigenvalue weighted by Gasteiger charge is 2.23. The third-order valence-electron chi connectivity index (χ3n) is 7.10. The van der Waals surface area contributed by atoms with Crippen molar-refractivity contribution in [3.05, 3.63) is 94.5 Å². The molecule has 1 aliphatic carbocycles. The quantitative estimate of drug-likeness (QED) is 0.348. The zero-order chi connectivity index (χ0) is 21.6. The van der Waals surface area contributed by atoms with E-state index in [0.717, 1.165) is 18.8 Å². The van der Waals surface area contributed by atoms with Gasteiger partial charge in [-0.05, 0) is 82.9 Å². The topological polar surface area (TPSA) is 0 Å². The third-order valence-corrected chi connectivity index (χ3v) is 7.10. The number of benzene rings is 3. The van der Waals surface area contributed by atoms with Crippen LogP contribution in [-0.2, 0) is 19.3 Å². The first-order valence-corrected chi connectivity index (χ1v) is 12.5. The highest BCUT2D eigenvalue weighted by Crippen LogP contribution is 2.39. The Morgan fingerprint density at radius 3 is 2.10 bits per heavy atom. The van der Waals surface area contributed by atoms with Crippen molar-refractivity contribution in [3.8, 4) is 11.1 Å². The molecule has 0 saturated heterocycles. The highest BCUT2D eigenvalue weighted by atomic mass is 14.3. The zero-order valence-electron chi connectivity index (χ0n) is 19.7. The Kier molecular flexibility index (Phi) is 7.28. The Morgan fingerprint density at radius 1 is 0.710 bits per heavy atom. The minimum Gasteiger partial charge on any atom is -0.0654 e. The van der Waals surface area contributed by atoms with E-state index in [0.29, 0.717) is 5.92 Å². The maximum atomic E-state index is 2.49. The van der Waals surface area contributed by atoms with Gasteiger partial charge in [-0.2, -0.15) is 0 Å². The van der Waals surface area contributed by atoms with E-state index in [-0.39, 0.29) is 0 Å². The molecule has 1 atom stereocenters. The van der Waals surface area contributed by atoms with E-state index in [1.54, 1.807) is 0 Å². The summed E-state index contributed by atoms with van der Waals surface area (Å²) in [5.74, 6) is 1.26. The predicted molar refractivity (Wildman–Crippen MR) is 135 cm³/mol. The summed E-state index contributed by atoms with van der Waals surface area (Å²) in [6, 6.07) is 26.0. The van der Waals surface area contributed by atoms with Gasteiger partial charge in [-0.25, -0.2) is 0 Å². The van der Waals surface area contributed by atoms with E-state index in [1.165, 1.54) is 77.5 Å². The van der Waals surface area contributed by atoms with Crippen molar-refractivity contribution in [3.63, 3.8) is 0 Å². The third kappa shape index (κ3) is 4.95. The van der Waals surface area contributed by atoms with E-state index >= 15 is 0 Å². The van der Waals surface area contributed by atoms with E-state index in [9.17, 15) is 0 Å². The molecule has 162 valence electrons. The molecule has 0 aliphatic heterocycles. The standard InChI is InChI=1S/C31H38/c1-4-9-23-14-19-31-29(20-23)22-28(21-27-12-7-8-13-30(27)31)26-17-15-25(16-18-26)24(10-5-2)11-6-3/h7-8,12-20,24,28H,4-6,9-11,21-22H2,1-3H3. The fourth-order valence-corrected chi connectivity index (χ4v) is 5.54. The molecule has 1 unspecified atom stereocenters. The van der Waals surface area contributed by atoms with Crippen molar-refractivity contribution in [2.24, 2.45) is 0 Å². The van der Waals surface area contributed by atoms with Crippen LogP contribution in [0.1, 0.15) is 92.5 Å². The Labute approximate surface area is 189 Å². The Morgan fingerprint density at radius 2 is 1.39 bits per heavy atom. The average molecular weight is 411 g/mol. The average Bonchev–Trinajstić information content (AvgIpc) is 2.96. The summed E-state index contributed by atoms with van der Waals surface area (Å²) in [5, 5.41) is 0. The van der Waals surface area contributed by atoms with Crippen LogP contribution >= 0.6 is 0 Å². The highest BCUT2D eigenvalue weighted by molar-refractivity contribution is 5.72. The first-order chi connectivity index (χ1) is 15.2. The second-order valence-corrected chi connectivity index (χ2v) is 9.44. The molecular weight excluding hydrogens is 372 g/mol. The molecule has 31 heavy (non-hydrogen) atoms. The van der Waals surface area contributed by atoms with Crippen molar-refractivity contribution in [1.29, 1.82) is 0 Å². The lowest BCUT2D eigenvalue weighted by molar-refractivity contribution is 0.560. The molecule has 0 heteroatoms. The van der Waals surface area contributed by atoms with E-state index in [2.05, 4.69) is 87.5 Å². The van der Waals surface area contributed by atoms with Crippen molar-refractivity contribution < 1.29 is 0 Å². The summed E-state index contributed by atoms with van der Waals surface area (Å²) in [6.07, 6.45) is 9.77. The fraction of sp³-hybridized carbons (Fsp3) is 0.419. The van der Waals surface area contributed by atoms with E-state index in [4.69, 9.17) is 0 Å². The second-order valence-electron chi connectivity index (χ2n) is 9.44. The van der Waals surface area contributed by atoms with Gasteiger partial charge in [-0.3, -0.25) is 0 Å². The van der Waals surface area contributed by atoms with Crippen molar-refractivity contribution in [2.75, 3.05) is 0 Å². The summed E-state index contributed by atoms with van der Waals surface area (Å²) in [4.78, 5) is 0. The molecule has 4 rings (SSSR count). The van der Waals surface area contributed by atoms with Gasteiger partial charge in [0.15, 0.2) is 0 Å². The number of hydrogen-bond acceptors (Lipinski definition) is 0. The molecule has 0 bridgehead atoms. The van der Waals surface area contributed by atoms with Gasteiger partial charge in [0.25, 0.3) is 0 Å². The van der Waals surface area contributed by atoms with Crippen molar-refractivity contribution in [2.45, 2.75) is 84.0 Å². The summed E-state index contributed by atoms with van der Waals surface area (Å²) < 4.78 is 0. The second kappa shape index (κ2) is 10.3. The normalized spacial score (nSPS) is 15.4. The van der Waals surface area contributed by atoms with E-state index in [1.807, 2.05) is 0 Å². The Balaban J connectivity index is 1.67. The molecule has 0 saturated carbocycles. The van der Waals surface area contributed by atoms with Crippen LogP contribution in [0.2, 0.25) is 0 Å². The van der Waals surface area contributed by atoms with Crippen LogP contribution in [0.3, 0.4) is 0 Å². The van der Waals surface area contributed by atoms with Crippen LogP contribution in [0.4, 0.5) is 0 Å². The molecular formula is C31H38. The summed E-state index contributed by atoms with van der Waals surface area (Å²) >= 11 is 0. The van der Waals surface area contributed by atoms with Gasteiger partial charge in [0, 0.05) is 0 Å². The van der Waals surface area contributed by atoms with Gasteiger partial charge in [-0.15, -0.1) is 0 Å². The molecule has 0 heterocycles. The van der Waals surface area contributed by atoms with Crippen LogP contribution in [0, 0.1) is 0 Å². The molecule has 0 N–H and O–H groups in total. The lowest BCUT2D eigenvalue weighted by Gasteiger charge is -2.20. The smallest absolute Gasteiger partial charge is 0.00806 e. The van der Waals surface area contributed by atoms with Crippen LogP contribution in [0.25, 0.3) is 11.1 Å². The van der Waals surface area contributed by atoms with Gasteiger partial charge >= 0.3 is 0 Å². The molecule has 1 aliphatic rings. The fourth-order valence-electron chi connectivity index (χ4n) is 5.54. The number of fused-ring (bicyclic) bond motifs is 3. The van der Waals surface area contributed by atoms with Crippen LogP contribution < -0.4 is 0 Å². The Bertz CT molecular complexity index is 973. The SMILES string of the molecule is CCCc1ccc2c(c1)CC(c1ccc(C(CCC)CCC)cc1)Cc1ccccc1-2. The van der Waals surface area contributed by atoms with Gasteiger partial charge in [0.05, 0.1) is 0 Å². The van der Waals surface area contributed by atoms with Crippen LogP contribution in [-0.4, -0.2) is 0 Å². The number of hydrogen-bond donors (Lipinski definition) is 0. The molecule has 0 radical (unpaired) electrons. The van der Waals surface area contributed by atoms with Crippen molar-refractivity contribution >= 4 is 0 Å². The van der Waals surface area contributed by atoms with Crippen molar-refractivity contribution in [1.82, 2.24) is 0 Å². The van der Waals surface area contributed by atoms with Gasteiger partial charge in [0.2, 0.25) is 0 Å². The van der Waals surface area contributed by atoms with Gasteiger partial charge < -0.3 is 0 Å². The first-order valence-electron chi connectivity index (χ1n) is 12.5. The molecule has 3 aromatic rings. The van der Waals surface area contributed by atoms with Gasteiger partial charge in [0.1, 0.15) is 0 Å². The minimum atomic E-state index is 0.545. The number of rotatable bonds is 8. The summed E-state index contributed by atoms with van der Waals surface area (Å²) in [6.45, 7) is 6.89. The lowest BCUT2D eigenvalue weighted by atomic mass is 9.85. The predicted octanol–water partition coefficient (Wildman–Crippen LogP) is 8.87. The van der Waals surface area contributed by atoms with E-state index < -0.39 is 0 Å². The first kappa shape index (κ1) is 21.9. The maximum absolute atomic E-state index is 2.49. The summed E-state index contributed by atoms with van der Waals surface area (Å²) in [5.41, 5.74) is 10.4. The molecule has 3 aromatic carbocycles. The molecule has 0 nitrogen and oxygen atoms in total. The maximum Gasteiger partial charge on any atom is -0.00806 e. The largest absolute Gasteiger partial charge is 0.0654 e. The molecule has 0 spiro atoms. The minimum absolute atomic E-state index is 0.545. The molecule has 0 fully saturated rings. The zero-order valence-corrected chi connectivity index (χ0v) is 19.7. The lowest BCUT2D eigenvalue weighted by Crippen LogP contribution is -2.06. The monoisotopic (exact) mass is 410 g/mol. The van der Waals surface area contributed by atoms with Crippen LogP contribution in [0.15, 0.2) is 66.7 Å². The van der Waals surface area contributed by atoms with Gasteiger partial charge in [-0.1, -0.05) is 107 Å². The number of aryl methyl sites for hydroxylation is 1. The Hall–Kier alpha value is -2.34. The molecule has 0 aromatic heterocycles. The molecule has 0 amide bonds. The summed E-state index contributed by atoms with van der Waals surface area (Å²) in [7, 11) is 0.